The summed E-state index contributed by atoms with van der Waals surface area (Å²) in [5.74, 6) is -1.14. The maximum Gasteiger partial charge on any atom is 0.257 e. The van der Waals surface area contributed by atoms with E-state index in [9.17, 15) is 14.3 Å². The molecule has 1 fully saturated rings. The second-order valence-corrected chi connectivity index (χ2v) is 4.89. The van der Waals surface area contributed by atoms with Crippen LogP contribution in [0.4, 0.5) is 4.39 Å². The molecule has 4 nitrogen and oxygen atoms in total. The summed E-state index contributed by atoms with van der Waals surface area (Å²) in [5.41, 5.74) is 5.51. The highest BCUT2D eigenvalue weighted by Gasteiger charge is 2.30. The average Bonchev–Trinajstić information content (AvgIpc) is 2.83. The maximum absolute atomic E-state index is 13.7. The minimum atomic E-state index is -0.672. The number of carbonyl (C=O) groups excluding carboxylic acids is 1. The number of likely N-dealkylation sites (tertiary alicyclic amines) is 1. The fourth-order valence-corrected chi connectivity index (χ4v) is 2.59. The number of benzene rings is 1. The minimum absolute atomic E-state index is 0.0254. The van der Waals surface area contributed by atoms with Crippen LogP contribution in [-0.4, -0.2) is 35.0 Å². The first-order valence-electron chi connectivity index (χ1n) is 6.63. The van der Waals surface area contributed by atoms with E-state index >= 15 is 0 Å². The Morgan fingerprint density at radius 1 is 1.53 bits per heavy atom. The molecule has 104 valence electrons. The van der Waals surface area contributed by atoms with E-state index in [-0.39, 0.29) is 23.3 Å². The Hall–Kier alpha value is -1.62. The first-order valence-corrected chi connectivity index (χ1v) is 6.63. The summed E-state index contributed by atoms with van der Waals surface area (Å²) in [4.78, 5) is 14.1. The Bertz CT molecular complexity index is 465. The van der Waals surface area contributed by atoms with Crippen LogP contribution in [0.25, 0.3) is 0 Å². The molecule has 3 N–H and O–H groups in total. The normalized spacial score (nSPS) is 18.8. The van der Waals surface area contributed by atoms with E-state index in [1.807, 2.05) is 0 Å². The van der Waals surface area contributed by atoms with Crippen LogP contribution in [0.5, 0.6) is 5.75 Å². The third kappa shape index (κ3) is 3.04. The summed E-state index contributed by atoms with van der Waals surface area (Å²) in [7, 11) is 0. The van der Waals surface area contributed by atoms with Crippen LogP contribution in [0.15, 0.2) is 18.2 Å². The van der Waals surface area contributed by atoms with Crippen LogP contribution in [-0.2, 0) is 0 Å². The highest BCUT2D eigenvalue weighted by molar-refractivity contribution is 5.95. The molecule has 1 heterocycles. The van der Waals surface area contributed by atoms with Crippen molar-refractivity contribution in [2.45, 2.75) is 31.7 Å². The molecule has 1 aromatic carbocycles. The number of nitrogens with two attached hydrogens (primary N) is 1. The standard InChI is InChI=1S/C14H19FN2O2/c15-13-9-11(18)5-6-12(13)14(19)17-8-2-4-10(17)3-1-7-16/h5-6,9-10,18H,1-4,7-8,16H2. The van der Waals surface area contributed by atoms with Crippen molar-refractivity contribution in [2.24, 2.45) is 5.73 Å². The zero-order chi connectivity index (χ0) is 13.8. The highest BCUT2D eigenvalue weighted by atomic mass is 19.1. The largest absolute Gasteiger partial charge is 0.508 e. The number of hydrogen-bond donors (Lipinski definition) is 2. The highest BCUT2D eigenvalue weighted by Crippen LogP contribution is 2.25. The van der Waals surface area contributed by atoms with Gasteiger partial charge in [0.05, 0.1) is 5.56 Å². The second kappa shape index (κ2) is 6.02. The van der Waals surface area contributed by atoms with Crippen LogP contribution in [0.1, 0.15) is 36.0 Å². The number of phenolic OH excluding ortho intramolecular Hbond substituents is 1. The number of carbonyl (C=O) groups is 1. The summed E-state index contributed by atoms with van der Waals surface area (Å²) in [5, 5.41) is 9.17. The molecule has 0 radical (unpaired) electrons. The van der Waals surface area contributed by atoms with Gasteiger partial charge in [0.2, 0.25) is 0 Å². The van der Waals surface area contributed by atoms with Gasteiger partial charge in [0.25, 0.3) is 5.91 Å². The SMILES string of the molecule is NCCCC1CCCN1C(=O)c1ccc(O)cc1F. The van der Waals surface area contributed by atoms with Crippen molar-refractivity contribution < 1.29 is 14.3 Å². The van der Waals surface area contributed by atoms with Crippen molar-refractivity contribution in [3.8, 4) is 5.75 Å². The first-order chi connectivity index (χ1) is 9.13. The Morgan fingerprint density at radius 3 is 3.00 bits per heavy atom. The van der Waals surface area contributed by atoms with Crippen LogP contribution in [0.2, 0.25) is 0 Å². The molecular weight excluding hydrogens is 247 g/mol. The molecule has 1 aliphatic heterocycles. The van der Waals surface area contributed by atoms with Crippen molar-refractivity contribution >= 4 is 5.91 Å². The molecule has 0 bridgehead atoms. The van der Waals surface area contributed by atoms with Gasteiger partial charge in [-0.3, -0.25) is 4.79 Å². The quantitative estimate of drug-likeness (QED) is 0.874. The fourth-order valence-electron chi connectivity index (χ4n) is 2.59. The van der Waals surface area contributed by atoms with E-state index in [1.54, 1.807) is 4.90 Å². The third-order valence-corrected chi connectivity index (χ3v) is 3.56. The van der Waals surface area contributed by atoms with Gasteiger partial charge >= 0.3 is 0 Å². The Labute approximate surface area is 112 Å². The number of rotatable bonds is 4. The summed E-state index contributed by atoms with van der Waals surface area (Å²) in [6.07, 6.45) is 3.63. The zero-order valence-corrected chi connectivity index (χ0v) is 10.8. The number of aromatic hydroxyl groups is 1. The number of halogens is 1. The van der Waals surface area contributed by atoms with Crippen molar-refractivity contribution in [3.05, 3.63) is 29.6 Å². The van der Waals surface area contributed by atoms with Crippen molar-refractivity contribution in [2.75, 3.05) is 13.1 Å². The van der Waals surface area contributed by atoms with Crippen LogP contribution in [0, 0.1) is 5.82 Å². The summed E-state index contributed by atoms with van der Waals surface area (Å²) in [6.45, 7) is 1.26. The van der Waals surface area contributed by atoms with E-state index < -0.39 is 5.82 Å². The Morgan fingerprint density at radius 2 is 2.32 bits per heavy atom. The van der Waals surface area contributed by atoms with Gasteiger partial charge in [0, 0.05) is 18.7 Å². The van der Waals surface area contributed by atoms with Crippen LogP contribution < -0.4 is 5.73 Å². The smallest absolute Gasteiger partial charge is 0.257 e. The molecule has 19 heavy (non-hydrogen) atoms. The lowest BCUT2D eigenvalue weighted by molar-refractivity contribution is 0.0724. The van der Waals surface area contributed by atoms with Gasteiger partial charge in [-0.25, -0.2) is 4.39 Å². The Kier molecular flexibility index (Phi) is 4.37. The van der Waals surface area contributed by atoms with Gasteiger partial charge < -0.3 is 15.7 Å². The molecule has 1 amide bonds. The van der Waals surface area contributed by atoms with Gasteiger partial charge in [-0.15, -0.1) is 0 Å². The molecule has 5 heteroatoms. The average molecular weight is 266 g/mol. The summed E-state index contributed by atoms with van der Waals surface area (Å²) >= 11 is 0. The predicted molar refractivity (Wildman–Crippen MR) is 70.4 cm³/mol. The van der Waals surface area contributed by atoms with E-state index in [1.165, 1.54) is 12.1 Å². The number of hydrogen-bond acceptors (Lipinski definition) is 3. The molecular formula is C14H19FN2O2. The molecule has 0 spiro atoms. The topological polar surface area (TPSA) is 66.6 Å². The van der Waals surface area contributed by atoms with Gasteiger partial charge in [0.15, 0.2) is 0 Å². The van der Waals surface area contributed by atoms with E-state index in [0.29, 0.717) is 13.1 Å². The van der Waals surface area contributed by atoms with Crippen molar-refractivity contribution in [1.29, 1.82) is 0 Å². The second-order valence-electron chi connectivity index (χ2n) is 4.89. The lowest BCUT2D eigenvalue weighted by Gasteiger charge is -2.25. The summed E-state index contributed by atoms with van der Waals surface area (Å²) < 4.78 is 13.7. The van der Waals surface area contributed by atoms with Gasteiger partial charge in [-0.2, -0.15) is 0 Å². The van der Waals surface area contributed by atoms with E-state index in [4.69, 9.17) is 5.73 Å². The number of nitrogens with zero attached hydrogens (tertiary/aromatic N) is 1. The van der Waals surface area contributed by atoms with E-state index in [2.05, 4.69) is 0 Å². The lowest BCUT2D eigenvalue weighted by Crippen LogP contribution is -2.36. The first kappa shape index (κ1) is 13.8. The molecule has 1 unspecified atom stereocenters. The van der Waals surface area contributed by atoms with E-state index in [0.717, 1.165) is 31.7 Å². The molecule has 1 aromatic rings. The maximum atomic E-state index is 13.7. The third-order valence-electron chi connectivity index (χ3n) is 3.56. The van der Waals surface area contributed by atoms with Crippen molar-refractivity contribution in [3.63, 3.8) is 0 Å². The van der Waals surface area contributed by atoms with Gasteiger partial charge in [-0.1, -0.05) is 0 Å². The zero-order valence-electron chi connectivity index (χ0n) is 10.8. The molecule has 0 aromatic heterocycles. The Balaban J connectivity index is 2.13. The number of amides is 1. The molecule has 2 rings (SSSR count). The van der Waals surface area contributed by atoms with Gasteiger partial charge in [0.1, 0.15) is 11.6 Å². The van der Waals surface area contributed by atoms with Crippen molar-refractivity contribution in [1.82, 2.24) is 4.90 Å². The summed E-state index contributed by atoms with van der Waals surface area (Å²) in [6, 6.07) is 3.80. The molecule has 0 saturated carbocycles. The van der Waals surface area contributed by atoms with Crippen LogP contribution in [0.3, 0.4) is 0 Å². The fraction of sp³-hybridized carbons (Fsp3) is 0.500. The molecule has 1 saturated heterocycles. The van der Waals surface area contributed by atoms with Gasteiger partial charge in [-0.05, 0) is 44.4 Å². The minimum Gasteiger partial charge on any atom is -0.508 e. The lowest BCUT2D eigenvalue weighted by atomic mass is 10.1. The monoisotopic (exact) mass is 266 g/mol. The molecule has 1 atom stereocenters. The van der Waals surface area contributed by atoms with Crippen LogP contribution >= 0.6 is 0 Å². The predicted octanol–water partition coefficient (Wildman–Crippen LogP) is 1.87. The molecule has 0 aliphatic carbocycles. The number of phenols is 1. The molecule has 1 aliphatic rings.